The molecule has 2 rings (SSSR count). The number of fused-ring (bicyclic) bond motifs is 1. The van der Waals surface area contributed by atoms with Gasteiger partial charge in [0.1, 0.15) is 0 Å². The molecule has 15 heavy (non-hydrogen) atoms. The molecule has 2 aromatic rings. The number of hydrogen-bond acceptors (Lipinski definition) is 1. The van der Waals surface area contributed by atoms with Crippen LogP contribution in [0.2, 0.25) is 5.02 Å². The summed E-state index contributed by atoms with van der Waals surface area (Å²) in [7, 11) is 0. The number of aromatic nitrogens is 1. The van der Waals surface area contributed by atoms with Gasteiger partial charge in [0.2, 0.25) is 0 Å². The van der Waals surface area contributed by atoms with Crippen molar-refractivity contribution >= 4 is 44.5 Å². The summed E-state index contributed by atoms with van der Waals surface area (Å²) < 4.78 is 1.20. The molecule has 0 bridgehead atoms. The summed E-state index contributed by atoms with van der Waals surface area (Å²) in [6, 6.07) is 5.25. The van der Waals surface area contributed by atoms with E-state index in [1.54, 1.807) is 18.2 Å². The highest BCUT2D eigenvalue weighted by molar-refractivity contribution is 9.08. The van der Waals surface area contributed by atoms with Crippen molar-refractivity contribution in [3.63, 3.8) is 0 Å². The fourth-order valence-electron chi connectivity index (χ4n) is 1.59. The van der Waals surface area contributed by atoms with Gasteiger partial charge in [-0.1, -0.05) is 27.5 Å². The van der Waals surface area contributed by atoms with Gasteiger partial charge >= 0.3 is 6.09 Å². The number of rotatable bonds is 1. The molecule has 0 saturated carbocycles. The largest absolute Gasteiger partial charge is 0.464 e. The molecular weight excluding hydrogens is 281 g/mol. The van der Waals surface area contributed by atoms with Crippen LogP contribution in [-0.2, 0) is 5.33 Å². The fraction of sp³-hybridized carbons (Fsp3) is 0.100. The first-order chi connectivity index (χ1) is 7.13. The van der Waals surface area contributed by atoms with Crippen molar-refractivity contribution in [2.45, 2.75) is 5.33 Å². The van der Waals surface area contributed by atoms with Crippen molar-refractivity contribution in [1.82, 2.24) is 4.57 Å². The maximum absolute atomic E-state index is 10.9. The van der Waals surface area contributed by atoms with Crippen molar-refractivity contribution in [2.24, 2.45) is 0 Å². The number of carbonyl (C=O) groups is 1. The zero-order chi connectivity index (χ0) is 11.0. The summed E-state index contributed by atoms with van der Waals surface area (Å²) in [4.78, 5) is 10.9. The van der Waals surface area contributed by atoms with Gasteiger partial charge < -0.3 is 5.11 Å². The van der Waals surface area contributed by atoms with E-state index in [9.17, 15) is 4.79 Å². The van der Waals surface area contributed by atoms with E-state index in [4.69, 9.17) is 16.7 Å². The summed E-state index contributed by atoms with van der Waals surface area (Å²) in [5.41, 5.74) is 1.55. The molecule has 0 aliphatic carbocycles. The Morgan fingerprint density at radius 2 is 2.27 bits per heavy atom. The van der Waals surface area contributed by atoms with Crippen LogP contribution in [0.3, 0.4) is 0 Å². The third-order valence-electron chi connectivity index (χ3n) is 2.18. The topological polar surface area (TPSA) is 42.2 Å². The van der Waals surface area contributed by atoms with Crippen LogP contribution in [0.4, 0.5) is 4.79 Å². The van der Waals surface area contributed by atoms with Crippen LogP contribution in [0, 0.1) is 0 Å². The van der Waals surface area contributed by atoms with E-state index in [1.807, 2.05) is 0 Å². The molecule has 0 amide bonds. The zero-order valence-corrected chi connectivity index (χ0v) is 9.92. The Morgan fingerprint density at radius 1 is 1.53 bits per heavy atom. The quantitative estimate of drug-likeness (QED) is 0.813. The van der Waals surface area contributed by atoms with E-state index >= 15 is 0 Å². The molecule has 0 saturated heterocycles. The molecule has 0 spiro atoms. The number of carboxylic acid groups (broad SMARTS) is 1. The van der Waals surface area contributed by atoms with Gasteiger partial charge in [0, 0.05) is 21.9 Å². The number of alkyl halides is 1. The SMILES string of the molecule is O=C(O)n1ccc2cc(Cl)cc(CBr)c21. The minimum absolute atomic E-state index is 0.571. The normalized spacial score (nSPS) is 10.8. The lowest BCUT2D eigenvalue weighted by Gasteiger charge is -2.04. The van der Waals surface area contributed by atoms with Gasteiger partial charge in [-0.2, -0.15) is 0 Å². The van der Waals surface area contributed by atoms with Crippen molar-refractivity contribution in [3.8, 4) is 0 Å². The number of halogens is 2. The Kier molecular flexibility index (Phi) is 2.71. The van der Waals surface area contributed by atoms with Crippen LogP contribution in [0.25, 0.3) is 10.9 Å². The molecule has 1 aromatic heterocycles. The first kappa shape index (κ1) is 10.5. The monoisotopic (exact) mass is 287 g/mol. The molecule has 78 valence electrons. The molecule has 0 aliphatic heterocycles. The molecule has 1 N–H and O–H groups in total. The maximum atomic E-state index is 10.9. The molecule has 1 aromatic carbocycles. The predicted octanol–water partition coefficient (Wildman–Crippen LogP) is 3.72. The Labute approximate surface area is 99.4 Å². The number of benzene rings is 1. The minimum Gasteiger partial charge on any atom is -0.464 e. The van der Waals surface area contributed by atoms with E-state index in [0.717, 1.165) is 10.9 Å². The lowest BCUT2D eigenvalue weighted by atomic mass is 10.2. The summed E-state index contributed by atoms with van der Waals surface area (Å²) >= 11 is 9.23. The lowest BCUT2D eigenvalue weighted by molar-refractivity contribution is 0.197. The standard InChI is InChI=1S/C10H7BrClNO2/c11-5-7-4-8(12)3-6-1-2-13(9(6)7)10(14)15/h1-4H,5H2,(H,14,15). The van der Waals surface area contributed by atoms with Crippen LogP contribution in [0.5, 0.6) is 0 Å². The highest BCUT2D eigenvalue weighted by Crippen LogP contribution is 2.26. The second kappa shape index (κ2) is 3.87. The van der Waals surface area contributed by atoms with Crippen molar-refractivity contribution in [2.75, 3.05) is 0 Å². The third kappa shape index (κ3) is 1.75. The molecular formula is C10H7BrClNO2. The molecule has 1 heterocycles. The maximum Gasteiger partial charge on any atom is 0.416 e. The second-order valence-electron chi connectivity index (χ2n) is 3.10. The smallest absolute Gasteiger partial charge is 0.416 e. The van der Waals surface area contributed by atoms with E-state index in [-0.39, 0.29) is 0 Å². The second-order valence-corrected chi connectivity index (χ2v) is 4.10. The minimum atomic E-state index is -0.991. The van der Waals surface area contributed by atoms with Gasteiger partial charge in [-0.25, -0.2) is 4.79 Å². The zero-order valence-electron chi connectivity index (χ0n) is 7.58. The van der Waals surface area contributed by atoms with E-state index < -0.39 is 6.09 Å². The molecule has 0 aliphatic rings. The van der Waals surface area contributed by atoms with Gasteiger partial charge in [-0.15, -0.1) is 0 Å². The Hall–Kier alpha value is -1.000. The van der Waals surface area contributed by atoms with E-state index in [2.05, 4.69) is 15.9 Å². The van der Waals surface area contributed by atoms with Gasteiger partial charge in [0.05, 0.1) is 5.52 Å². The summed E-state index contributed by atoms with van der Waals surface area (Å²) in [6.07, 6.45) is 0.532. The average molecular weight is 289 g/mol. The highest BCUT2D eigenvalue weighted by atomic mass is 79.9. The Bertz CT molecular complexity index is 535. The number of hydrogen-bond donors (Lipinski definition) is 1. The van der Waals surface area contributed by atoms with Crippen LogP contribution < -0.4 is 0 Å². The summed E-state index contributed by atoms with van der Waals surface area (Å²) in [5.74, 6) is 0. The predicted molar refractivity (Wildman–Crippen MR) is 63.0 cm³/mol. The van der Waals surface area contributed by atoms with Crippen LogP contribution in [0.1, 0.15) is 5.56 Å². The Morgan fingerprint density at radius 3 is 2.87 bits per heavy atom. The highest BCUT2D eigenvalue weighted by Gasteiger charge is 2.11. The van der Waals surface area contributed by atoms with E-state index in [1.165, 1.54) is 10.8 Å². The average Bonchev–Trinajstić information content (AvgIpc) is 2.59. The lowest BCUT2D eigenvalue weighted by Crippen LogP contribution is -2.06. The molecule has 0 radical (unpaired) electrons. The summed E-state index contributed by atoms with van der Waals surface area (Å²) in [6.45, 7) is 0. The van der Waals surface area contributed by atoms with Crippen molar-refractivity contribution < 1.29 is 9.90 Å². The van der Waals surface area contributed by atoms with Crippen LogP contribution in [0.15, 0.2) is 24.4 Å². The third-order valence-corrected chi connectivity index (χ3v) is 3.00. The van der Waals surface area contributed by atoms with Gasteiger partial charge in [0.25, 0.3) is 0 Å². The first-order valence-electron chi connectivity index (χ1n) is 4.22. The van der Waals surface area contributed by atoms with E-state index in [0.29, 0.717) is 15.9 Å². The molecule has 0 unspecified atom stereocenters. The molecule has 0 fully saturated rings. The van der Waals surface area contributed by atoms with Gasteiger partial charge in [-0.3, -0.25) is 4.57 Å². The molecule has 5 heteroatoms. The van der Waals surface area contributed by atoms with Crippen LogP contribution in [-0.4, -0.2) is 15.8 Å². The fourth-order valence-corrected chi connectivity index (χ4v) is 2.27. The van der Waals surface area contributed by atoms with Gasteiger partial charge in [-0.05, 0) is 23.8 Å². The van der Waals surface area contributed by atoms with Crippen molar-refractivity contribution in [1.29, 1.82) is 0 Å². The summed E-state index contributed by atoms with van der Waals surface area (Å²) in [5, 5.41) is 11.0. The number of nitrogens with zero attached hydrogens (tertiary/aromatic N) is 1. The van der Waals surface area contributed by atoms with Gasteiger partial charge in [0.15, 0.2) is 0 Å². The van der Waals surface area contributed by atoms with Crippen molar-refractivity contribution in [3.05, 3.63) is 35.0 Å². The molecule has 3 nitrogen and oxygen atoms in total. The molecule has 0 atom stereocenters. The van der Waals surface area contributed by atoms with Crippen LogP contribution >= 0.6 is 27.5 Å². The Balaban J connectivity index is 2.83. The first-order valence-corrected chi connectivity index (χ1v) is 5.72.